The van der Waals surface area contributed by atoms with Crippen molar-refractivity contribution >= 4 is 29.3 Å². The molecule has 1 aromatic rings. The highest BCUT2D eigenvalue weighted by Gasteiger charge is 2.44. The third kappa shape index (κ3) is 3.14. The largest absolute Gasteiger partial charge is 0.468 e. The van der Waals surface area contributed by atoms with Gasteiger partial charge in [0.25, 0.3) is 0 Å². The summed E-state index contributed by atoms with van der Waals surface area (Å²) in [6.45, 7) is 2.84. The maximum atomic E-state index is 12.3. The summed E-state index contributed by atoms with van der Waals surface area (Å²) in [6, 6.07) is 4.81. The number of fused-ring (bicyclic) bond motifs is 1. The van der Waals surface area contributed by atoms with Gasteiger partial charge in [-0.05, 0) is 32.0 Å². The van der Waals surface area contributed by atoms with E-state index in [-0.39, 0.29) is 11.3 Å². The van der Waals surface area contributed by atoms with Crippen molar-refractivity contribution in [3.05, 3.63) is 40.1 Å². The van der Waals surface area contributed by atoms with E-state index in [2.05, 4.69) is 0 Å². The van der Waals surface area contributed by atoms with E-state index in [1.54, 1.807) is 25.1 Å². The number of carbonyl (C=O) groups is 3. The van der Waals surface area contributed by atoms with Crippen LogP contribution in [-0.2, 0) is 23.9 Å². The number of ether oxygens (including phenoxy) is 3. The molecule has 0 spiro atoms. The van der Waals surface area contributed by atoms with Crippen LogP contribution in [0.2, 0.25) is 5.02 Å². The maximum absolute atomic E-state index is 12.3. The average Bonchev–Trinajstić information content (AvgIpc) is 2.54. The molecule has 0 fully saturated rings. The lowest BCUT2D eigenvalue weighted by atomic mass is 9.76. The van der Waals surface area contributed by atoms with Crippen LogP contribution in [0.1, 0.15) is 25.3 Å². The molecule has 2 rings (SSSR count). The fourth-order valence-electron chi connectivity index (χ4n) is 2.84. The molecule has 0 saturated carbocycles. The number of hydrogen-bond acceptors (Lipinski definition) is 6. The Morgan fingerprint density at radius 1 is 1.21 bits per heavy atom. The summed E-state index contributed by atoms with van der Waals surface area (Å²) in [5, 5.41) is 0.387. The molecule has 0 radical (unpaired) electrons. The summed E-state index contributed by atoms with van der Waals surface area (Å²) in [7, 11) is 2.40. The third-order valence-corrected chi connectivity index (χ3v) is 4.13. The topological polar surface area (TPSA) is 78.9 Å². The van der Waals surface area contributed by atoms with Gasteiger partial charge in [-0.15, -0.1) is 0 Å². The van der Waals surface area contributed by atoms with Gasteiger partial charge < -0.3 is 14.2 Å². The van der Waals surface area contributed by atoms with Crippen molar-refractivity contribution in [3.63, 3.8) is 0 Å². The van der Waals surface area contributed by atoms with Crippen LogP contribution >= 0.6 is 11.6 Å². The molecule has 6 nitrogen and oxygen atoms in total. The average molecular weight is 353 g/mol. The molecule has 0 aromatic heterocycles. The van der Waals surface area contributed by atoms with Gasteiger partial charge in [0.1, 0.15) is 23.2 Å². The van der Waals surface area contributed by atoms with E-state index < -0.39 is 29.6 Å². The van der Waals surface area contributed by atoms with Crippen molar-refractivity contribution < 1.29 is 28.6 Å². The fourth-order valence-corrected chi connectivity index (χ4v) is 3.02. The number of allylic oxidation sites excluding steroid dienone is 1. The predicted molar refractivity (Wildman–Crippen MR) is 85.7 cm³/mol. The third-order valence-electron chi connectivity index (χ3n) is 3.89. The minimum Gasteiger partial charge on any atom is -0.468 e. The highest BCUT2D eigenvalue weighted by atomic mass is 35.5. The number of ketones is 1. The molecule has 0 saturated heterocycles. The van der Waals surface area contributed by atoms with E-state index in [1.165, 1.54) is 21.1 Å². The van der Waals surface area contributed by atoms with Crippen LogP contribution in [0.15, 0.2) is 29.5 Å². The summed E-state index contributed by atoms with van der Waals surface area (Å²) >= 11 is 6.05. The Morgan fingerprint density at radius 3 is 2.42 bits per heavy atom. The van der Waals surface area contributed by atoms with Gasteiger partial charge in [-0.25, -0.2) is 4.79 Å². The van der Waals surface area contributed by atoms with Crippen LogP contribution in [-0.4, -0.2) is 31.9 Å². The Labute approximate surface area is 144 Å². The lowest BCUT2D eigenvalue weighted by Crippen LogP contribution is -2.35. The first-order valence-electron chi connectivity index (χ1n) is 7.16. The summed E-state index contributed by atoms with van der Waals surface area (Å²) in [5.74, 6) is -3.28. The molecule has 0 unspecified atom stereocenters. The quantitative estimate of drug-likeness (QED) is 0.612. The van der Waals surface area contributed by atoms with Crippen LogP contribution in [0.25, 0.3) is 0 Å². The minimum atomic E-state index is -1.21. The second-order valence-corrected chi connectivity index (χ2v) is 5.77. The normalized spacial score (nSPS) is 17.5. The van der Waals surface area contributed by atoms with Crippen molar-refractivity contribution in [2.24, 2.45) is 5.92 Å². The summed E-state index contributed by atoms with van der Waals surface area (Å²) in [5.41, 5.74) is 0.553. The van der Waals surface area contributed by atoms with Crippen LogP contribution in [0.3, 0.4) is 0 Å². The second kappa shape index (κ2) is 7.05. The molecule has 2 atom stereocenters. The van der Waals surface area contributed by atoms with Crippen molar-refractivity contribution in [2.75, 3.05) is 14.2 Å². The Bertz CT molecular complexity index is 737. The van der Waals surface area contributed by atoms with Gasteiger partial charge in [-0.1, -0.05) is 11.6 Å². The summed E-state index contributed by atoms with van der Waals surface area (Å²) in [6.07, 6.45) is 0. The zero-order valence-corrected chi connectivity index (χ0v) is 14.5. The van der Waals surface area contributed by atoms with Gasteiger partial charge in [0.05, 0.1) is 19.8 Å². The monoisotopic (exact) mass is 352 g/mol. The first kappa shape index (κ1) is 18.0. The van der Waals surface area contributed by atoms with Crippen LogP contribution in [0.4, 0.5) is 0 Å². The SMILES string of the molecule is COC(=O)C1=C(C)Oc2ccc(Cl)cc2[C@@H]1[C@H](C(C)=O)C(=O)OC. The second-order valence-electron chi connectivity index (χ2n) is 5.33. The lowest BCUT2D eigenvalue weighted by Gasteiger charge is -2.31. The van der Waals surface area contributed by atoms with E-state index in [1.807, 2.05) is 0 Å². The number of rotatable bonds is 4. The molecule has 7 heteroatoms. The number of carbonyl (C=O) groups excluding carboxylic acids is 3. The number of benzene rings is 1. The Balaban J connectivity index is 2.73. The fraction of sp³-hybridized carbons (Fsp3) is 0.353. The molecular formula is C17H17ClO6. The molecule has 1 aliphatic heterocycles. The van der Waals surface area contributed by atoms with Gasteiger partial charge in [0.15, 0.2) is 0 Å². The van der Waals surface area contributed by atoms with Gasteiger partial charge in [-0.2, -0.15) is 0 Å². The van der Waals surface area contributed by atoms with Crippen LogP contribution < -0.4 is 4.74 Å². The highest BCUT2D eigenvalue weighted by Crippen LogP contribution is 2.45. The molecule has 24 heavy (non-hydrogen) atoms. The molecule has 0 amide bonds. The standard InChI is InChI=1S/C17H17ClO6/c1-8(19)13(16(20)22-3)15-11-7-10(18)5-6-12(11)24-9(2)14(15)17(21)23-4/h5-7,13,15H,1-4H3/t13-,15+/m0/s1. The molecule has 128 valence electrons. The molecule has 0 N–H and O–H groups in total. The maximum Gasteiger partial charge on any atom is 0.337 e. The number of hydrogen-bond donors (Lipinski definition) is 0. The van der Waals surface area contributed by atoms with Crippen LogP contribution in [0, 0.1) is 5.92 Å². The van der Waals surface area contributed by atoms with Gasteiger partial charge in [0, 0.05) is 16.5 Å². The van der Waals surface area contributed by atoms with E-state index in [4.69, 9.17) is 25.8 Å². The zero-order valence-electron chi connectivity index (χ0n) is 13.7. The van der Waals surface area contributed by atoms with Crippen molar-refractivity contribution in [2.45, 2.75) is 19.8 Å². The molecule has 1 heterocycles. The minimum absolute atomic E-state index is 0.0952. The molecule has 0 bridgehead atoms. The number of Topliss-reactive ketones (excluding diaryl/α,β-unsaturated/α-hetero) is 1. The van der Waals surface area contributed by atoms with Crippen molar-refractivity contribution in [1.29, 1.82) is 0 Å². The number of halogens is 1. The smallest absolute Gasteiger partial charge is 0.337 e. The van der Waals surface area contributed by atoms with Crippen LogP contribution in [0.5, 0.6) is 5.75 Å². The molecule has 1 aliphatic rings. The molecule has 1 aromatic carbocycles. The summed E-state index contributed by atoms with van der Waals surface area (Å²) in [4.78, 5) is 36.6. The highest BCUT2D eigenvalue weighted by molar-refractivity contribution is 6.30. The lowest BCUT2D eigenvalue weighted by molar-refractivity contribution is -0.149. The number of methoxy groups -OCH3 is 2. The van der Waals surface area contributed by atoms with Crippen molar-refractivity contribution in [1.82, 2.24) is 0 Å². The Morgan fingerprint density at radius 2 is 1.88 bits per heavy atom. The molecular weight excluding hydrogens is 336 g/mol. The van der Waals surface area contributed by atoms with Gasteiger partial charge >= 0.3 is 11.9 Å². The van der Waals surface area contributed by atoms with Gasteiger partial charge in [0.2, 0.25) is 0 Å². The van der Waals surface area contributed by atoms with E-state index in [0.717, 1.165) is 0 Å². The predicted octanol–water partition coefficient (Wildman–Crippen LogP) is 2.64. The Hall–Kier alpha value is -2.34. The first-order valence-corrected chi connectivity index (χ1v) is 7.54. The Kier molecular flexibility index (Phi) is 5.29. The zero-order chi connectivity index (χ0) is 18.0. The van der Waals surface area contributed by atoms with E-state index in [9.17, 15) is 14.4 Å². The first-order chi connectivity index (χ1) is 11.3. The van der Waals surface area contributed by atoms with E-state index >= 15 is 0 Å². The molecule has 0 aliphatic carbocycles. The van der Waals surface area contributed by atoms with Gasteiger partial charge in [-0.3, -0.25) is 9.59 Å². The van der Waals surface area contributed by atoms with E-state index in [0.29, 0.717) is 16.3 Å². The van der Waals surface area contributed by atoms with Crippen molar-refractivity contribution in [3.8, 4) is 5.75 Å². The number of esters is 2. The summed E-state index contributed by atoms with van der Waals surface area (Å²) < 4.78 is 15.2.